The average Bonchev–Trinajstić information content (AvgIpc) is 2.32. The van der Waals surface area contributed by atoms with Crippen LogP contribution in [0.25, 0.3) is 11.1 Å². The molecule has 0 spiro atoms. The number of rotatable bonds is 3. The van der Waals surface area contributed by atoms with Crippen LogP contribution in [0, 0.1) is 5.82 Å². The summed E-state index contributed by atoms with van der Waals surface area (Å²) in [6.45, 7) is 0. The van der Waals surface area contributed by atoms with Crippen molar-refractivity contribution >= 4 is 5.97 Å². The molecule has 2 aromatic rings. The number of carboxylic acids is 1. The highest BCUT2D eigenvalue weighted by Crippen LogP contribution is 2.22. The second kappa shape index (κ2) is 4.69. The van der Waals surface area contributed by atoms with Crippen molar-refractivity contribution in [3.8, 4) is 11.1 Å². The van der Waals surface area contributed by atoms with Crippen LogP contribution in [0.1, 0.15) is 5.69 Å². The Balaban J connectivity index is 2.51. The third-order valence-electron chi connectivity index (χ3n) is 2.25. The van der Waals surface area contributed by atoms with Gasteiger partial charge in [0.2, 0.25) is 0 Å². The quantitative estimate of drug-likeness (QED) is 0.877. The number of halogens is 1. The van der Waals surface area contributed by atoms with Gasteiger partial charge in [0.25, 0.3) is 0 Å². The van der Waals surface area contributed by atoms with Crippen molar-refractivity contribution < 1.29 is 14.3 Å². The molecule has 0 aliphatic heterocycles. The maximum atomic E-state index is 13.1. The molecule has 0 fully saturated rings. The molecule has 0 atom stereocenters. The largest absolute Gasteiger partial charge is 0.481 e. The van der Waals surface area contributed by atoms with Gasteiger partial charge in [0.1, 0.15) is 5.82 Å². The van der Waals surface area contributed by atoms with Crippen LogP contribution in [0.5, 0.6) is 0 Å². The van der Waals surface area contributed by atoms with Gasteiger partial charge in [-0.25, -0.2) is 4.39 Å². The van der Waals surface area contributed by atoms with Gasteiger partial charge in [-0.05, 0) is 23.8 Å². The van der Waals surface area contributed by atoms with Crippen LogP contribution < -0.4 is 0 Å². The summed E-state index contributed by atoms with van der Waals surface area (Å²) in [6, 6.07) is 4.64. The summed E-state index contributed by atoms with van der Waals surface area (Å²) >= 11 is 0. The van der Waals surface area contributed by atoms with Gasteiger partial charge in [-0.1, -0.05) is 0 Å². The van der Waals surface area contributed by atoms with E-state index in [0.29, 0.717) is 16.8 Å². The van der Waals surface area contributed by atoms with E-state index < -0.39 is 11.8 Å². The highest BCUT2D eigenvalue weighted by Gasteiger charge is 2.11. The minimum absolute atomic E-state index is 0.238. The van der Waals surface area contributed by atoms with E-state index in [1.54, 1.807) is 24.5 Å². The number of carbonyl (C=O) groups is 1. The van der Waals surface area contributed by atoms with E-state index in [9.17, 15) is 9.18 Å². The van der Waals surface area contributed by atoms with Gasteiger partial charge in [0.05, 0.1) is 18.3 Å². The Morgan fingerprint density at radius 1 is 1.35 bits per heavy atom. The van der Waals surface area contributed by atoms with E-state index in [0.717, 1.165) is 6.20 Å². The van der Waals surface area contributed by atoms with Crippen LogP contribution in [-0.4, -0.2) is 21.0 Å². The smallest absolute Gasteiger partial charge is 0.309 e. The second-order valence-corrected chi connectivity index (χ2v) is 3.45. The summed E-state index contributed by atoms with van der Waals surface area (Å²) in [5.74, 6) is -1.50. The van der Waals surface area contributed by atoms with E-state index in [1.165, 1.54) is 6.07 Å². The van der Waals surface area contributed by atoms with Crippen molar-refractivity contribution in [1.82, 2.24) is 9.97 Å². The fourth-order valence-electron chi connectivity index (χ4n) is 1.53. The average molecular weight is 232 g/mol. The molecule has 17 heavy (non-hydrogen) atoms. The minimum atomic E-state index is -1.00. The Morgan fingerprint density at radius 3 is 2.71 bits per heavy atom. The van der Waals surface area contributed by atoms with Gasteiger partial charge < -0.3 is 5.11 Å². The van der Waals surface area contributed by atoms with Crippen LogP contribution in [0.2, 0.25) is 0 Å². The number of hydrogen-bond donors (Lipinski definition) is 1. The zero-order chi connectivity index (χ0) is 12.3. The molecule has 4 nitrogen and oxygen atoms in total. The van der Waals surface area contributed by atoms with Gasteiger partial charge in [-0.15, -0.1) is 0 Å². The molecule has 0 aliphatic rings. The topological polar surface area (TPSA) is 63.1 Å². The molecule has 1 N–H and O–H groups in total. The third kappa shape index (κ3) is 2.63. The lowest BCUT2D eigenvalue weighted by Gasteiger charge is -2.06. The van der Waals surface area contributed by atoms with Crippen molar-refractivity contribution in [2.45, 2.75) is 6.42 Å². The van der Waals surface area contributed by atoms with Crippen molar-refractivity contribution in [1.29, 1.82) is 0 Å². The molecule has 0 amide bonds. The Morgan fingerprint density at radius 2 is 2.06 bits per heavy atom. The first-order valence-corrected chi connectivity index (χ1v) is 4.93. The van der Waals surface area contributed by atoms with Crippen LogP contribution in [-0.2, 0) is 11.2 Å². The number of aliphatic carboxylic acids is 1. The fraction of sp³-hybridized carbons (Fsp3) is 0.0833. The van der Waals surface area contributed by atoms with Gasteiger partial charge in [-0.3, -0.25) is 14.8 Å². The molecule has 86 valence electrons. The summed E-state index contributed by atoms with van der Waals surface area (Å²) in [5.41, 5.74) is 1.52. The number of carboxylic acid groups (broad SMARTS) is 1. The van der Waals surface area contributed by atoms with Crippen LogP contribution >= 0.6 is 0 Å². The molecule has 0 aliphatic carbocycles. The third-order valence-corrected chi connectivity index (χ3v) is 2.25. The van der Waals surface area contributed by atoms with Crippen LogP contribution in [0.15, 0.2) is 36.8 Å². The molecular formula is C12H9FN2O2. The monoisotopic (exact) mass is 232 g/mol. The van der Waals surface area contributed by atoms with Gasteiger partial charge in [0, 0.05) is 18.0 Å². The highest BCUT2D eigenvalue weighted by atomic mass is 19.1. The van der Waals surface area contributed by atoms with E-state index >= 15 is 0 Å². The standard InChI is InChI=1S/C12H9FN2O2/c13-9-5-10(8-1-3-14-4-2-8)11(15-7-9)6-12(16)17/h1-5,7H,6H2,(H,16,17). The predicted molar refractivity (Wildman–Crippen MR) is 58.8 cm³/mol. The first kappa shape index (κ1) is 11.2. The van der Waals surface area contributed by atoms with E-state index in [2.05, 4.69) is 9.97 Å². The van der Waals surface area contributed by atoms with Crippen molar-refractivity contribution in [2.75, 3.05) is 0 Å². The molecule has 2 rings (SSSR count). The number of nitrogens with zero attached hydrogens (tertiary/aromatic N) is 2. The van der Waals surface area contributed by atoms with E-state index in [1.807, 2.05) is 0 Å². The summed E-state index contributed by atoms with van der Waals surface area (Å²) < 4.78 is 13.1. The number of hydrogen-bond acceptors (Lipinski definition) is 3. The zero-order valence-electron chi connectivity index (χ0n) is 8.80. The van der Waals surface area contributed by atoms with Gasteiger partial charge in [0.15, 0.2) is 0 Å². The summed E-state index contributed by atoms with van der Waals surface area (Å²) in [7, 11) is 0. The Hall–Kier alpha value is -2.30. The lowest BCUT2D eigenvalue weighted by Crippen LogP contribution is -2.04. The van der Waals surface area contributed by atoms with Crippen molar-refractivity contribution in [3.63, 3.8) is 0 Å². The predicted octanol–water partition coefficient (Wildman–Crippen LogP) is 1.91. The summed E-state index contributed by atoms with van der Waals surface area (Å²) in [5, 5.41) is 8.76. The SMILES string of the molecule is O=C(O)Cc1ncc(F)cc1-c1ccncc1. The lowest BCUT2D eigenvalue weighted by atomic mass is 10.0. The zero-order valence-corrected chi connectivity index (χ0v) is 8.80. The molecular weight excluding hydrogens is 223 g/mol. The summed E-state index contributed by atoms with van der Waals surface area (Å²) in [4.78, 5) is 18.4. The Kier molecular flexibility index (Phi) is 3.09. The molecule has 5 heteroatoms. The lowest BCUT2D eigenvalue weighted by molar-refractivity contribution is -0.136. The maximum Gasteiger partial charge on any atom is 0.309 e. The molecule has 0 unspecified atom stereocenters. The van der Waals surface area contributed by atoms with Gasteiger partial charge >= 0.3 is 5.97 Å². The normalized spacial score (nSPS) is 10.2. The number of pyridine rings is 2. The van der Waals surface area contributed by atoms with Gasteiger partial charge in [-0.2, -0.15) is 0 Å². The highest BCUT2D eigenvalue weighted by molar-refractivity contribution is 5.75. The van der Waals surface area contributed by atoms with Crippen molar-refractivity contribution in [3.05, 3.63) is 48.3 Å². The molecule has 0 radical (unpaired) electrons. The molecule has 0 saturated carbocycles. The van der Waals surface area contributed by atoms with E-state index in [4.69, 9.17) is 5.11 Å². The fourth-order valence-corrected chi connectivity index (χ4v) is 1.53. The first-order valence-electron chi connectivity index (χ1n) is 4.93. The first-order chi connectivity index (χ1) is 8.16. The molecule has 0 bridgehead atoms. The van der Waals surface area contributed by atoms with Crippen LogP contribution in [0.3, 0.4) is 0 Å². The molecule has 2 heterocycles. The van der Waals surface area contributed by atoms with Crippen LogP contribution in [0.4, 0.5) is 4.39 Å². The van der Waals surface area contributed by atoms with Crippen molar-refractivity contribution in [2.24, 2.45) is 0 Å². The molecule has 0 aromatic carbocycles. The van der Waals surface area contributed by atoms with E-state index in [-0.39, 0.29) is 6.42 Å². The molecule has 2 aromatic heterocycles. The summed E-state index contributed by atoms with van der Waals surface area (Å²) in [6.07, 6.45) is 3.90. The second-order valence-electron chi connectivity index (χ2n) is 3.45. The number of aromatic nitrogens is 2. The molecule has 0 saturated heterocycles. The minimum Gasteiger partial charge on any atom is -0.481 e. The Labute approximate surface area is 96.8 Å². The Bertz CT molecular complexity index is 543. The maximum absolute atomic E-state index is 13.1.